The highest BCUT2D eigenvalue weighted by Crippen LogP contribution is 2.20. The van der Waals surface area contributed by atoms with E-state index in [9.17, 15) is 9.59 Å². The summed E-state index contributed by atoms with van der Waals surface area (Å²) >= 11 is 0. The Morgan fingerprint density at radius 1 is 1.24 bits per heavy atom. The van der Waals surface area contributed by atoms with Crippen molar-refractivity contribution >= 4 is 23.6 Å². The molecule has 0 aliphatic rings. The number of carboxylic acids is 1. The van der Waals surface area contributed by atoms with Gasteiger partial charge >= 0.3 is 12.0 Å². The van der Waals surface area contributed by atoms with Gasteiger partial charge in [0.2, 0.25) is 0 Å². The number of nitrogens with one attached hydrogen (secondary N) is 2. The van der Waals surface area contributed by atoms with Crippen LogP contribution in [0.4, 0.5) is 16.4 Å². The maximum Gasteiger partial charge on any atom is 0.336 e. The largest absolute Gasteiger partial charge is 0.478 e. The van der Waals surface area contributed by atoms with Gasteiger partial charge in [0.25, 0.3) is 5.95 Å². The van der Waals surface area contributed by atoms with Gasteiger partial charge in [-0.05, 0) is 42.3 Å². The number of urea groups is 1. The first kappa shape index (κ1) is 14.4. The molecule has 2 aromatic rings. The number of anilines is 2. The van der Waals surface area contributed by atoms with Gasteiger partial charge in [-0.25, -0.2) is 9.59 Å². The topological polar surface area (TPSA) is 122 Å². The second kappa shape index (κ2) is 5.57. The highest BCUT2D eigenvalue weighted by molar-refractivity contribution is 6.00. The zero-order valence-electron chi connectivity index (χ0n) is 11.7. The van der Waals surface area contributed by atoms with Gasteiger partial charge in [0.15, 0.2) is 0 Å². The predicted octanol–water partition coefficient (Wildman–Crippen LogP) is 1.17. The fraction of sp³-hybridized carbons (Fsp3) is 0.250. The minimum absolute atomic E-state index is 0.0530. The molecular weight excluding hydrogens is 276 g/mol. The minimum atomic E-state index is -1.05. The highest BCUT2D eigenvalue weighted by atomic mass is 16.4. The van der Waals surface area contributed by atoms with Gasteiger partial charge in [-0.1, -0.05) is 5.10 Å². The molecule has 1 aromatic carbocycles. The molecule has 0 saturated carbocycles. The van der Waals surface area contributed by atoms with Crippen LogP contribution in [0.15, 0.2) is 12.1 Å². The summed E-state index contributed by atoms with van der Waals surface area (Å²) in [6.07, 6.45) is 0. The van der Waals surface area contributed by atoms with Crippen molar-refractivity contribution in [2.45, 2.75) is 13.8 Å². The van der Waals surface area contributed by atoms with Crippen molar-refractivity contribution < 1.29 is 14.7 Å². The zero-order chi connectivity index (χ0) is 15.6. The Hall–Kier alpha value is -2.97. The number of rotatable bonds is 3. The number of benzene rings is 1. The third-order valence-corrected chi connectivity index (χ3v) is 2.89. The Morgan fingerprint density at radius 2 is 1.95 bits per heavy atom. The molecule has 1 heterocycles. The van der Waals surface area contributed by atoms with E-state index in [1.54, 1.807) is 27.0 Å². The van der Waals surface area contributed by atoms with Crippen molar-refractivity contribution in [3.05, 3.63) is 28.8 Å². The van der Waals surface area contributed by atoms with E-state index in [1.807, 2.05) is 0 Å². The number of nitrogens with zero attached hydrogens (tertiary/aromatic N) is 4. The van der Waals surface area contributed by atoms with Crippen LogP contribution in [0.25, 0.3) is 0 Å². The van der Waals surface area contributed by atoms with Crippen molar-refractivity contribution in [2.75, 3.05) is 10.6 Å². The molecule has 0 aliphatic carbocycles. The molecule has 3 N–H and O–H groups in total. The van der Waals surface area contributed by atoms with E-state index in [2.05, 4.69) is 26.0 Å². The van der Waals surface area contributed by atoms with Crippen LogP contribution in [0, 0.1) is 13.8 Å². The van der Waals surface area contributed by atoms with Crippen LogP contribution in [0.1, 0.15) is 21.5 Å². The van der Waals surface area contributed by atoms with Gasteiger partial charge < -0.3 is 10.4 Å². The molecule has 0 saturated heterocycles. The van der Waals surface area contributed by atoms with Crippen molar-refractivity contribution in [1.29, 1.82) is 0 Å². The van der Waals surface area contributed by atoms with E-state index in [0.29, 0.717) is 11.3 Å². The van der Waals surface area contributed by atoms with Crippen molar-refractivity contribution in [3.8, 4) is 0 Å². The van der Waals surface area contributed by atoms with Crippen molar-refractivity contribution in [1.82, 2.24) is 20.2 Å². The molecule has 1 aromatic heterocycles. The Balaban J connectivity index is 2.15. The first-order valence-electron chi connectivity index (χ1n) is 6.03. The Bertz CT molecular complexity index is 709. The number of aromatic nitrogens is 4. The predicted molar refractivity (Wildman–Crippen MR) is 74.3 cm³/mol. The molecule has 2 rings (SSSR count). The third kappa shape index (κ3) is 3.32. The average molecular weight is 290 g/mol. The van der Waals surface area contributed by atoms with E-state index in [4.69, 9.17) is 5.11 Å². The smallest absolute Gasteiger partial charge is 0.336 e. The summed E-state index contributed by atoms with van der Waals surface area (Å²) in [7, 11) is 1.57. The molecular formula is C12H14N6O3. The molecule has 0 bridgehead atoms. The first-order chi connectivity index (χ1) is 9.86. The summed E-state index contributed by atoms with van der Waals surface area (Å²) in [6.45, 7) is 3.49. The van der Waals surface area contributed by atoms with Crippen LogP contribution >= 0.6 is 0 Å². The maximum absolute atomic E-state index is 11.8. The summed E-state index contributed by atoms with van der Waals surface area (Å²) in [5.74, 6) is -0.993. The molecule has 0 radical (unpaired) electrons. The monoisotopic (exact) mass is 290 g/mol. The Kier molecular flexibility index (Phi) is 3.83. The molecule has 0 fully saturated rings. The van der Waals surface area contributed by atoms with Crippen LogP contribution in [-0.4, -0.2) is 37.3 Å². The molecule has 21 heavy (non-hydrogen) atoms. The van der Waals surface area contributed by atoms with Crippen LogP contribution in [0.3, 0.4) is 0 Å². The van der Waals surface area contributed by atoms with Crippen molar-refractivity contribution in [3.63, 3.8) is 0 Å². The second-order valence-corrected chi connectivity index (χ2v) is 4.45. The van der Waals surface area contributed by atoms with Gasteiger partial charge in [-0.15, -0.1) is 5.10 Å². The van der Waals surface area contributed by atoms with Gasteiger partial charge in [-0.2, -0.15) is 4.80 Å². The summed E-state index contributed by atoms with van der Waals surface area (Å²) < 4.78 is 0. The quantitative estimate of drug-likeness (QED) is 0.780. The lowest BCUT2D eigenvalue weighted by Gasteiger charge is -2.10. The second-order valence-electron chi connectivity index (χ2n) is 4.45. The normalized spacial score (nSPS) is 10.2. The molecule has 9 heteroatoms. The SMILES string of the molecule is Cc1cc(NC(=O)Nc2nnn(C)n2)cc(C(=O)O)c1C. The Morgan fingerprint density at radius 3 is 2.52 bits per heavy atom. The van der Waals surface area contributed by atoms with Gasteiger partial charge in [0, 0.05) is 5.69 Å². The number of carboxylic acid groups (broad SMARTS) is 1. The number of amides is 2. The van der Waals surface area contributed by atoms with E-state index in [0.717, 1.165) is 5.56 Å². The lowest BCUT2D eigenvalue weighted by molar-refractivity contribution is 0.0696. The molecule has 0 aliphatic heterocycles. The highest BCUT2D eigenvalue weighted by Gasteiger charge is 2.13. The number of hydrogen-bond donors (Lipinski definition) is 3. The minimum Gasteiger partial charge on any atom is -0.478 e. The molecule has 2 amide bonds. The number of aromatic carboxylic acids is 1. The lowest BCUT2D eigenvalue weighted by atomic mass is 10.0. The van der Waals surface area contributed by atoms with Gasteiger partial charge in [-0.3, -0.25) is 5.32 Å². The van der Waals surface area contributed by atoms with Crippen molar-refractivity contribution in [2.24, 2.45) is 7.05 Å². The van der Waals surface area contributed by atoms with Crippen LogP contribution in [-0.2, 0) is 7.05 Å². The number of hydrogen-bond acceptors (Lipinski definition) is 5. The van der Waals surface area contributed by atoms with Crippen LogP contribution in [0.5, 0.6) is 0 Å². The summed E-state index contributed by atoms with van der Waals surface area (Å²) in [5.41, 5.74) is 1.94. The molecule has 9 nitrogen and oxygen atoms in total. The van der Waals surface area contributed by atoms with E-state index in [1.165, 1.54) is 10.9 Å². The Labute approximate surface area is 120 Å². The first-order valence-corrected chi connectivity index (χ1v) is 6.03. The summed E-state index contributed by atoms with van der Waals surface area (Å²) in [5, 5.41) is 25.0. The molecule has 0 atom stereocenters. The fourth-order valence-electron chi connectivity index (χ4n) is 1.75. The molecule has 0 unspecified atom stereocenters. The van der Waals surface area contributed by atoms with Gasteiger partial charge in [0.1, 0.15) is 0 Å². The zero-order valence-corrected chi connectivity index (χ0v) is 11.7. The van der Waals surface area contributed by atoms with Crippen LogP contribution < -0.4 is 10.6 Å². The number of tetrazole rings is 1. The summed E-state index contributed by atoms with van der Waals surface area (Å²) in [6, 6.07) is 2.50. The average Bonchev–Trinajstić information content (AvgIpc) is 2.78. The maximum atomic E-state index is 11.8. The number of carbonyl (C=O) groups excluding carboxylic acids is 1. The number of aryl methyl sites for hydroxylation is 2. The van der Waals surface area contributed by atoms with Gasteiger partial charge in [0.05, 0.1) is 12.6 Å². The number of carbonyl (C=O) groups is 2. The lowest BCUT2D eigenvalue weighted by Crippen LogP contribution is -2.21. The molecule has 110 valence electrons. The van der Waals surface area contributed by atoms with E-state index >= 15 is 0 Å². The standard InChI is InChI=1S/C12H14N6O3/c1-6-4-8(5-9(7(6)2)10(19)20)13-12(21)14-11-15-17-18(3)16-11/h4-5H,1-3H3,(H,19,20)(H2,13,14,16,21). The van der Waals surface area contributed by atoms with Crippen LogP contribution in [0.2, 0.25) is 0 Å². The summed E-state index contributed by atoms with van der Waals surface area (Å²) in [4.78, 5) is 24.1. The third-order valence-electron chi connectivity index (χ3n) is 2.89. The van der Waals surface area contributed by atoms with E-state index < -0.39 is 12.0 Å². The fourth-order valence-corrected chi connectivity index (χ4v) is 1.75. The molecule has 0 spiro atoms. The van der Waals surface area contributed by atoms with E-state index in [-0.39, 0.29) is 11.5 Å².